The minimum atomic E-state index is -0.611. The van der Waals surface area contributed by atoms with E-state index >= 15 is 0 Å². The molecule has 0 fully saturated rings. The number of benzene rings is 2. The van der Waals surface area contributed by atoms with Crippen LogP contribution in [0.1, 0.15) is 21.5 Å². The second-order valence-corrected chi connectivity index (χ2v) is 8.16. The number of hydrogen-bond acceptors (Lipinski definition) is 8. The molecule has 4 aromatic rings. The summed E-state index contributed by atoms with van der Waals surface area (Å²) in [6.45, 7) is 2.08. The van der Waals surface area contributed by atoms with Gasteiger partial charge in [0.15, 0.2) is 16.6 Å². The Balaban J connectivity index is 1.87. The van der Waals surface area contributed by atoms with Crippen LogP contribution in [0.4, 0.5) is 10.8 Å². The first-order valence-corrected chi connectivity index (χ1v) is 10.7. The molecule has 0 saturated carbocycles. The highest BCUT2D eigenvalue weighted by atomic mass is 32.1. The number of aromatic nitrogens is 2. The molecule has 0 unspecified atom stereocenters. The van der Waals surface area contributed by atoms with Gasteiger partial charge in [-0.05, 0) is 30.2 Å². The van der Waals surface area contributed by atoms with E-state index in [1.165, 1.54) is 42.6 Å². The number of anilines is 1. The second-order valence-electron chi connectivity index (χ2n) is 7.15. The number of carbonyl (C=O) groups is 1. The zero-order valence-electron chi connectivity index (χ0n) is 18.1. The molecular weight excluding hydrogens is 444 g/mol. The molecule has 33 heavy (non-hydrogen) atoms. The van der Waals surface area contributed by atoms with Gasteiger partial charge in [-0.25, -0.2) is 4.98 Å². The number of nitro groups is 1. The molecule has 0 aliphatic heterocycles. The summed E-state index contributed by atoms with van der Waals surface area (Å²) in [6, 6.07) is 11.9. The number of methoxy groups -OCH3 is 2. The number of carbonyl (C=O) groups excluding carboxylic acids is 1. The van der Waals surface area contributed by atoms with Crippen LogP contribution in [0.15, 0.2) is 54.9 Å². The first kappa shape index (κ1) is 22.2. The monoisotopic (exact) mass is 464 g/mol. The molecule has 2 aromatic carbocycles. The summed E-state index contributed by atoms with van der Waals surface area (Å²) in [5.74, 6) is -0.202. The lowest BCUT2D eigenvalue weighted by atomic mass is 10.1. The van der Waals surface area contributed by atoms with Crippen molar-refractivity contribution in [3.63, 3.8) is 0 Å². The summed E-state index contributed by atoms with van der Waals surface area (Å²) >= 11 is 1.34. The minimum absolute atomic E-state index is 0.127. The third-order valence-electron chi connectivity index (χ3n) is 5.08. The molecule has 0 spiro atoms. The second kappa shape index (κ2) is 9.21. The molecule has 0 radical (unpaired) electrons. The van der Waals surface area contributed by atoms with Crippen LogP contribution in [0.25, 0.3) is 10.2 Å². The fourth-order valence-corrected chi connectivity index (χ4v) is 4.47. The van der Waals surface area contributed by atoms with E-state index in [-0.39, 0.29) is 29.3 Å². The van der Waals surface area contributed by atoms with E-state index in [4.69, 9.17) is 9.47 Å². The number of nitrogens with zero attached hydrogens (tertiary/aromatic N) is 4. The molecule has 9 nitrogen and oxygen atoms in total. The van der Waals surface area contributed by atoms with Gasteiger partial charge in [-0.1, -0.05) is 29.5 Å². The fourth-order valence-electron chi connectivity index (χ4n) is 3.43. The molecule has 0 aliphatic rings. The van der Waals surface area contributed by atoms with Gasteiger partial charge in [0.25, 0.3) is 11.6 Å². The quantitative estimate of drug-likeness (QED) is 0.286. The Morgan fingerprint density at radius 2 is 1.91 bits per heavy atom. The molecule has 1 amide bonds. The average molecular weight is 465 g/mol. The van der Waals surface area contributed by atoms with Crippen LogP contribution in [0.3, 0.4) is 0 Å². The highest BCUT2D eigenvalue weighted by Gasteiger charge is 2.30. The molecule has 0 N–H and O–H groups in total. The molecule has 2 heterocycles. The van der Waals surface area contributed by atoms with Crippen molar-refractivity contribution in [1.29, 1.82) is 0 Å². The molecule has 10 heteroatoms. The zero-order chi connectivity index (χ0) is 23.5. The maximum Gasteiger partial charge on any atom is 0.286 e. The Morgan fingerprint density at radius 1 is 1.15 bits per heavy atom. The highest BCUT2D eigenvalue weighted by Crippen LogP contribution is 2.37. The Morgan fingerprint density at radius 3 is 2.55 bits per heavy atom. The lowest BCUT2D eigenvalue weighted by Crippen LogP contribution is -2.31. The molecule has 4 rings (SSSR count). The summed E-state index contributed by atoms with van der Waals surface area (Å²) in [7, 11) is 2.78. The molecule has 168 valence electrons. The van der Waals surface area contributed by atoms with Crippen molar-refractivity contribution in [3.8, 4) is 11.5 Å². The first-order valence-electron chi connectivity index (χ1n) is 9.90. The number of thiazole rings is 1. The third-order valence-corrected chi connectivity index (χ3v) is 6.12. The van der Waals surface area contributed by atoms with Gasteiger partial charge >= 0.3 is 0 Å². The maximum absolute atomic E-state index is 13.8. The smallest absolute Gasteiger partial charge is 0.286 e. The van der Waals surface area contributed by atoms with E-state index < -0.39 is 10.8 Å². The summed E-state index contributed by atoms with van der Waals surface area (Å²) in [5.41, 5.74) is 2.00. The van der Waals surface area contributed by atoms with Gasteiger partial charge in [0, 0.05) is 18.5 Å². The van der Waals surface area contributed by atoms with Crippen molar-refractivity contribution in [2.24, 2.45) is 0 Å². The fraction of sp³-hybridized carbons (Fsp3) is 0.174. The molecule has 0 aliphatic carbocycles. The van der Waals surface area contributed by atoms with E-state index in [9.17, 15) is 14.9 Å². The Kier molecular flexibility index (Phi) is 6.18. The van der Waals surface area contributed by atoms with Crippen molar-refractivity contribution in [2.45, 2.75) is 13.5 Å². The topological polar surface area (TPSA) is 108 Å². The van der Waals surface area contributed by atoms with Gasteiger partial charge in [0.05, 0.1) is 42.0 Å². The first-order chi connectivity index (χ1) is 15.9. The van der Waals surface area contributed by atoms with Gasteiger partial charge in [0.1, 0.15) is 5.56 Å². The number of amides is 1. The van der Waals surface area contributed by atoms with Gasteiger partial charge < -0.3 is 9.47 Å². The van der Waals surface area contributed by atoms with Crippen LogP contribution >= 0.6 is 11.3 Å². The van der Waals surface area contributed by atoms with Crippen LogP contribution in [-0.4, -0.2) is 35.0 Å². The van der Waals surface area contributed by atoms with Gasteiger partial charge in [-0.3, -0.25) is 24.8 Å². The van der Waals surface area contributed by atoms with Crippen molar-refractivity contribution in [3.05, 3.63) is 81.7 Å². The van der Waals surface area contributed by atoms with E-state index in [1.54, 1.807) is 18.5 Å². The number of aryl methyl sites for hydroxylation is 1. The van der Waals surface area contributed by atoms with Crippen molar-refractivity contribution in [2.75, 3.05) is 19.1 Å². The van der Waals surface area contributed by atoms with Crippen LogP contribution in [-0.2, 0) is 6.54 Å². The van der Waals surface area contributed by atoms with E-state index in [0.717, 1.165) is 21.3 Å². The van der Waals surface area contributed by atoms with Crippen molar-refractivity contribution in [1.82, 2.24) is 9.97 Å². The van der Waals surface area contributed by atoms with Gasteiger partial charge in [0.2, 0.25) is 0 Å². The lowest BCUT2D eigenvalue weighted by Gasteiger charge is -2.20. The minimum Gasteiger partial charge on any atom is -0.493 e. The molecule has 0 atom stereocenters. The number of pyridine rings is 1. The zero-order valence-corrected chi connectivity index (χ0v) is 19.0. The van der Waals surface area contributed by atoms with Crippen molar-refractivity contribution >= 4 is 38.3 Å². The van der Waals surface area contributed by atoms with Crippen molar-refractivity contribution < 1.29 is 19.2 Å². The SMILES string of the molecule is COc1cc(C(=O)N(Cc2cccnc2)c2nc3c(C)cccc3s2)c([N+](=O)[O-])cc1OC. The van der Waals surface area contributed by atoms with Crippen LogP contribution in [0.2, 0.25) is 0 Å². The predicted molar refractivity (Wildman–Crippen MR) is 125 cm³/mol. The summed E-state index contributed by atoms with van der Waals surface area (Å²) in [4.78, 5) is 35.2. The largest absolute Gasteiger partial charge is 0.493 e. The highest BCUT2D eigenvalue weighted by molar-refractivity contribution is 7.22. The van der Waals surface area contributed by atoms with Crippen LogP contribution in [0, 0.1) is 17.0 Å². The van der Waals surface area contributed by atoms with Gasteiger partial charge in [-0.15, -0.1) is 0 Å². The molecule has 2 aromatic heterocycles. The number of rotatable bonds is 7. The molecule has 0 bridgehead atoms. The van der Waals surface area contributed by atoms with E-state index in [0.29, 0.717) is 5.13 Å². The number of nitro benzene ring substituents is 1. The standard InChI is InChI=1S/C23H20N4O5S/c1-14-6-4-8-20-21(14)25-23(33-20)26(13-15-7-5-9-24-12-15)22(28)16-10-18(31-2)19(32-3)11-17(16)27(29)30/h4-12H,13H2,1-3H3. The van der Waals surface area contributed by atoms with Crippen LogP contribution in [0.5, 0.6) is 11.5 Å². The van der Waals surface area contributed by atoms with E-state index in [2.05, 4.69) is 9.97 Å². The lowest BCUT2D eigenvalue weighted by molar-refractivity contribution is -0.385. The Hall–Kier alpha value is -4.05. The van der Waals surface area contributed by atoms with E-state index in [1.807, 2.05) is 31.2 Å². The summed E-state index contributed by atoms with van der Waals surface area (Å²) in [6.07, 6.45) is 3.28. The number of fused-ring (bicyclic) bond motifs is 1. The average Bonchev–Trinajstić information content (AvgIpc) is 3.27. The number of ether oxygens (including phenoxy) is 2. The molecular formula is C23H20N4O5S. The van der Waals surface area contributed by atoms with Crippen LogP contribution < -0.4 is 14.4 Å². The maximum atomic E-state index is 13.8. The predicted octanol–water partition coefficient (Wildman–Crippen LogP) is 4.77. The summed E-state index contributed by atoms with van der Waals surface area (Å²) in [5, 5.41) is 12.2. The Labute approximate surface area is 193 Å². The summed E-state index contributed by atoms with van der Waals surface area (Å²) < 4.78 is 11.4. The number of para-hydroxylation sites is 1. The van der Waals surface area contributed by atoms with Gasteiger partial charge in [-0.2, -0.15) is 0 Å². The normalized spacial score (nSPS) is 10.8. The molecule has 0 saturated heterocycles. The third kappa shape index (κ3) is 4.33. The number of hydrogen-bond donors (Lipinski definition) is 0. The Bertz CT molecular complexity index is 1340.